The van der Waals surface area contributed by atoms with E-state index in [0.29, 0.717) is 23.7 Å². The first kappa shape index (κ1) is 24.1. The van der Waals surface area contributed by atoms with Crippen LogP contribution in [0.2, 0.25) is 0 Å². The summed E-state index contributed by atoms with van der Waals surface area (Å²) in [4.78, 5) is 10.3. The molecule has 0 spiro atoms. The van der Waals surface area contributed by atoms with Gasteiger partial charge in [-0.2, -0.15) is 0 Å². The smallest absolute Gasteiger partial charge is 0.0702 e. The van der Waals surface area contributed by atoms with Crippen molar-refractivity contribution in [2.75, 3.05) is 0 Å². The third-order valence-corrected chi connectivity index (χ3v) is 5.77. The highest BCUT2D eigenvalue weighted by atomic mass is 14.8. The van der Waals surface area contributed by atoms with Gasteiger partial charge in [-0.25, -0.2) is 0 Å². The van der Waals surface area contributed by atoms with Crippen LogP contribution in [0, 0.1) is 0 Å². The molecule has 0 aromatic heterocycles. The molecule has 0 heterocycles. The van der Waals surface area contributed by atoms with Gasteiger partial charge in [0.25, 0.3) is 0 Å². The number of benzene rings is 2. The summed E-state index contributed by atoms with van der Waals surface area (Å²) in [7, 11) is 0. The molecule has 0 amide bonds. The van der Waals surface area contributed by atoms with Crippen molar-refractivity contribution in [3.05, 3.63) is 58.7 Å². The molecule has 0 bridgehead atoms. The van der Waals surface area contributed by atoms with Gasteiger partial charge in [0, 0.05) is 0 Å². The van der Waals surface area contributed by atoms with E-state index in [2.05, 4.69) is 106 Å². The van der Waals surface area contributed by atoms with Gasteiger partial charge in [-0.15, -0.1) is 0 Å². The van der Waals surface area contributed by atoms with E-state index in [0.717, 1.165) is 22.8 Å². The van der Waals surface area contributed by atoms with Crippen LogP contribution in [0.4, 0.5) is 11.4 Å². The molecule has 0 atom stereocenters. The molecule has 2 aromatic carbocycles. The average Bonchev–Trinajstić information content (AvgIpc) is 2.67. The Bertz CT molecular complexity index is 798. The summed E-state index contributed by atoms with van der Waals surface area (Å²) in [5.41, 5.74) is 9.43. The van der Waals surface area contributed by atoms with Crippen LogP contribution in [0.3, 0.4) is 0 Å². The van der Waals surface area contributed by atoms with Crippen molar-refractivity contribution in [1.29, 1.82) is 0 Å². The van der Waals surface area contributed by atoms with E-state index in [1.165, 1.54) is 22.3 Å². The first-order valence-electron chi connectivity index (χ1n) is 11.4. The largest absolute Gasteiger partial charge is 0.251 e. The highest BCUT2D eigenvalue weighted by molar-refractivity contribution is 6.41. The van der Waals surface area contributed by atoms with Crippen LogP contribution >= 0.6 is 0 Å². The zero-order chi connectivity index (χ0) is 22.6. The lowest BCUT2D eigenvalue weighted by Gasteiger charge is -2.18. The summed E-state index contributed by atoms with van der Waals surface area (Å²) < 4.78 is 0. The molecule has 0 fully saturated rings. The van der Waals surface area contributed by atoms with Crippen LogP contribution in [0.25, 0.3) is 0 Å². The number of para-hydroxylation sites is 2. The van der Waals surface area contributed by atoms with Gasteiger partial charge in [0.15, 0.2) is 0 Å². The second kappa shape index (κ2) is 10.2. The minimum Gasteiger partial charge on any atom is -0.251 e. The van der Waals surface area contributed by atoms with Crippen molar-refractivity contribution in [2.24, 2.45) is 9.98 Å². The van der Waals surface area contributed by atoms with Crippen molar-refractivity contribution < 1.29 is 0 Å². The maximum Gasteiger partial charge on any atom is 0.0702 e. The fraction of sp³-hybridized carbons (Fsp3) is 0.500. The van der Waals surface area contributed by atoms with Crippen molar-refractivity contribution >= 4 is 22.8 Å². The van der Waals surface area contributed by atoms with Crippen LogP contribution < -0.4 is 0 Å². The second-order valence-corrected chi connectivity index (χ2v) is 9.58. The minimum atomic E-state index is 0.432. The number of hydrogen-bond acceptors (Lipinski definition) is 2. The van der Waals surface area contributed by atoms with E-state index in [4.69, 9.17) is 9.98 Å². The van der Waals surface area contributed by atoms with Crippen LogP contribution in [0.5, 0.6) is 0 Å². The average molecular weight is 405 g/mol. The van der Waals surface area contributed by atoms with E-state index < -0.39 is 0 Å². The quantitative estimate of drug-likeness (QED) is 0.411. The molecule has 2 aromatic rings. The normalized spacial score (nSPS) is 13.3. The molecule has 30 heavy (non-hydrogen) atoms. The Hall–Kier alpha value is -2.22. The molecule has 2 nitrogen and oxygen atoms in total. The maximum absolute atomic E-state index is 5.13. The molecule has 162 valence electrons. The number of hydrogen-bond donors (Lipinski definition) is 0. The van der Waals surface area contributed by atoms with E-state index in [9.17, 15) is 0 Å². The lowest BCUT2D eigenvalue weighted by Crippen LogP contribution is -2.07. The van der Waals surface area contributed by atoms with E-state index in [1.54, 1.807) is 0 Å². The fourth-order valence-electron chi connectivity index (χ4n) is 3.78. The number of rotatable bonds is 7. The topological polar surface area (TPSA) is 24.7 Å². The van der Waals surface area contributed by atoms with Crippen LogP contribution in [0.1, 0.15) is 115 Å². The molecule has 0 saturated heterocycles. The molecule has 0 radical (unpaired) electrons. The predicted octanol–water partition coefficient (Wildman–Crippen LogP) is 9.07. The van der Waals surface area contributed by atoms with Gasteiger partial charge < -0.3 is 0 Å². The van der Waals surface area contributed by atoms with Crippen LogP contribution in [-0.2, 0) is 0 Å². The maximum atomic E-state index is 5.13. The Labute approximate surface area is 184 Å². The number of aliphatic imine (C=N–C) groups is 2. The van der Waals surface area contributed by atoms with Crippen LogP contribution in [0.15, 0.2) is 46.4 Å². The summed E-state index contributed by atoms with van der Waals surface area (Å²) in [6, 6.07) is 13.2. The first-order valence-corrected chi connectivity index (χ1v) is 11.4. The monoisotopic (exact) mass is 404 g/mol. The molecule has 2 rings (SSSR count). The van der Waals surface area contributed by atoms with Gasteiger partial charge in [0.2, 0.25) is 0 Å². The van der Waals surface area contributed by atoms with Crippen molar-refractivity contribution in [3.8, 4) is 0 Å². The molecular formula is C28H40N2. The third kappa shape index (κ3) is 5.47. The third-order valence-electron chi connectivity index (χ3n) is 5.77. The van der Waals surface area contributed by atoms with Gasteiger partial charge in [-0.3, -0.25) is 9.98 Å². The van der Waals surface area contributed by atoms with E-state index >= 15 is 0 Å². The molecule has 0 aliphatic rings. The summed E-state index contributed by atoms with van der Waals surface area (Å²) in [6.45, 7) is 22.1. The van der Waals surface area contributed by atoms with Gasteiger partial charge in [0.1, 0.15) is 0 Å². The standard InChI is InChI=1S/C28H40N2/c1-17(2)23-13-11-14-24(18(3)4)27(23)29-21(9)22(10)30-28-25(19(5)6)15-12-16-26(28)20(7)8/h11-20H,1-10H3/b29-21-,30-22-. The Morgan fingerprint density at radius 2 is 0.733 bits per heavy atom. The molecule has 2 heteroatoms. The summed E-state index contributed by atoms with van der Waals surface area (Å²) in [6.07, 6.45) is 0. The van der Waals surface area contributed by atoms with Crippen molar-refractivity contribution in [3.63, 3.8) is 0 Å². The van der Waals surface area contributed by atoms with Crippen molar-refractivity contribution in [2.45, 2.75) is 92.9 Å². The number of nitrogens with zero attached hydrogens (tertiary/aromatic N) is 2. The Morgan fingerprint density at radius 1 is 0.500 bits per heavy atom. The molecule has 0 aliphatic carbocycles. The first-order chi connectivity index (χ1) is 14.0. The lowest BCUT2D eigenvalue weighted by molar-refractivity contribution is 0.834. The summed E-state index contributed by atoms with van der Waals surface area (Å²) in [5.74, 6) is 1.73. The molecular weight excluding hydrogens is 364 g/mol. The molecule has 0 unspecified atom stereocenters. The van der Waals surface area contributed by atoms with Crippen LogP contribution in [-0.4, -0.2) is 11.4 Å². The van der Waals surface area contributed by atoms with Crippen molar-refractivity contribution in [1.82, 2.24) is 0 Å². The SMILES string of the molecule is CC(=N/c1c(C(C)C)cccc1C(C)C)/C(C)=N\c1c(C(C)C)cccc1C(C)C. The Kier molecular flexibility index (Phi) is 8.18. The zero-order valence-electron chi connectivity index (χ0n) is 20.7. The Balaban J connectivity index is 2.63. The van der Waals surface area contributed by atoms with Gasteiger partial charge >= 0.3 is 0 Å². The summed E-state index contributed by atoms with van der Waals surface area (Å²) >= 11 is 0. The highest BCUT2D eigenvalue weighted by Crippen LogP contribution is 2.36. The predicted molar refractivity (Wildman–Crippen MR) is 135 cm³/mol. The highest BCUT2D eigenvalue weighted by Gasteiger charge is 2.16. The van der Waals surface area contributed by atoms with Gasteiger partial charge in [-0.05, 0) is 59.8 Å². The molecule has 0 saturated carbocycles. The Morgan fingerprint density at radius 3 is 0.933 bits per heavy atom. The van der Waals surface area contributed by atoms with E-state index in [1.807, 2.05) is 0 Å². The molecule has 0 aliphatic heterocycles. The summed E-state index contributed by atoms with van der Waals surface area (Å²) in [5, 5.41) is 0. The van der Waals surface area contributed by atoms with E-state index in [-0.39, 0.29) is 0 Å². The second-order valence-electron chi connectivity index (χ2n) is 9.58. The van der Waals surface area contributed by atoms with Gasteiger partial charge in [0.05, 0.1) is 22.8 Å². The van der Waals surface area contributed by atoms with Gasteiger partial charge in [-0.1, -0.05) is 91.8 Å². The molecule has 0 N–H and O–H groups in total. The lowest BCUT2D eigenvalue weighted by atomic mass is 9.92. The fourth-order valence-corrected chi connectivity index (χ4v) is 3.78. The zero-order valence-corrected chi connectivity index (χ0v) is 20.7. The minimum absolute atomic E-state index is 0.432.